The number of carbonyl (C=O) groups is 4. The van der Waals surface area contributed by atoms with Crippen molar-refractivity contribution in [1.29, 1.82) is 0 Å². The van der Waals surface area contributed by atoms with E-state index in [1.165, 1.54) is 17.0 Å². The second-order valence-electron chi connectivity index (χ2n) is 5.54. The van der Waals surface area contributed by atoms with Gasteiger partial charge in [-0.3, -0.25) is 14.4 Å². The van der Waals surface area contributed by atoms with E-state index in [1.54, 1.807) is 12.1 Å². The molecule has 120 valence electrons. The largest absolute Gasteiger partial charge is 0.352 e. The number of carbonyl (C=O) groups excluding carboxylic acids is 4. The zero-order chi connectivity index (χ0) is 16.4. The number of fused-ring (bicyclic) bond motifs is 1. The van der Waals surface area contributed by atoms with Gasteiger partial charge in [-0.05, 0) is 25.0 Å². The monoisotopic (exact) mass is 316 g/mol. The van der Waals surface area contributed by atoms with Crippen LogP contribution in [0, 0.1) is 0 Å². The molecule has 0 saturated carbocycles. The molecular weight excluding hydrogens is 300 g/mol. The van der Waals surface area contributed by atoms with Crippen LogP contribution in [0.4, 0.5) is 0 Å². The molecule has 2 aliphatic heterocycles. The highest BCUT2D eigenvalue weighted by molar-refractivity contribution is 6.20. The summed E-state index contributed by atoms with van der Waals surface area (Å²) in [6.45, 7) is 0.224. The maximum Gasteiger partial charge on any atom is 0.352 e. The van der Waals surface area contributed by atoms with Crippen molar-refractivity contribution in [1.82, 2.24) is 9.96 Å². The topological polar surface area (TPSA) is 84.0 Å². The first-order valence-corrected chi connectivity index (χ1v) is 7.54. The number of nitrogens with zero attached hydrogens (tertiary/aromatic N) is 2. The second kappa shape index (κ2) is 6.20. The number of amides is 3. The van der Waals surface area contributed by atoms with Gasteiger partial charge in [-0.15, -0.1) is 0 Å². The number of likely N-dealkylation sites (tertiary alicyclic amines) is 1. The van der Waals surface area contributed by atoms with E-state index in [0.717, 1.165) is 19.3 Å². The highest BCUT2D eigenvalue weighted by atomic mass is 16.7. The smallest absolute Gasteiger partial charge is 0.331 e. The van der Waals surface area contributed by atoms with Crippen molar-refractivity contribution in [3.05, 3.63) is 35.4 Å². The summed E-state index contributed by atoms with van der Waals surface area (Å²) in [6, 6.07) is 6.26. The van der Waals surface area contributed by atoms with Gasteiger partial charge in [0.2, 0.25) is 5.91 Å². The average molecular weight is 316 g/mol. The minimum atomic E-state index is -0.797. The van der Waals surface area contributed by atoms with Crippen LogP contribution in [0.5, 0.6) is 0 Å². The van der Waals surface area contributed by atoms with E-state index in [2.05, 4.69) is 0 Å². The quantitative estimate of drug-likeness (QED) is 0.781. The lowest BCUT2D eigenvalue weighted by atomic mass is 10.1. The predicted molar refractivity (Wildman–Crippen MR) is 78.1 cm³/mol. The number of rotatable bonds is 3. The van der Waals surface area contributed by atoms with Crippen molar-refractivity contribution in [2.45, 2.75) is 25.7 Å². The summed E-state index contributed by atoms with van der Waals surface area (Å²) >= 11 is 0. The van der Waals surface area contributed by atoms with Gasteiger partial charge in [-0.2, -0.15) is 0 Å². The van der Waals surface area contributed by atoms with Crippen LogP contribution in [-0.2, 0) is 14.4 Å². The van der Waals surface area contributed by atoms with Crippen molar-refractivity contribution < 1.29 is 24.0 Å². The number of hydrogen-bond donors (Lipinski definition) is 0. The molecule has 7 heteroatoms. The third kappa shape index (κ3) is 2.94. The van der Waals surface area contributed by atoms with E-state index in [-0.39, 0.29) is 23.6 Å². The molecule has 2 aliphatic rings. The van der Waals surface area contributed by atoms with Crippen molar-refractivity contribution in [3.8, 4) is 0 Å². The van der Waals surface area contributed by atoms with Crippen molar-refractivity contribution in [2.24, 2.45) is 0 Å². The lowest BCUT2D eigenvalue weighted by Gasteiger charge is -2.20. The van der Waals surface area contributed by atoms with Crippen LogP contribution in [0.3, 0.4) is 0 Å². The molecule has 3 amide bonds. The summed E-state index contributed by atoms with van der Waals surface area (Å²) in [5.41, 5.74) is 0.410. The van der Waals surface area contributed by atoms with Crippen LogP contribution >= 0.6 is 0 Å². The van der Waals surface area contributed by atoms with Gasteiger partial charge >= 0.3 is 5.97 Å². The first-order chi connectivity index (χ1) is 11.1. The summed E-state index contributed by atoms with van der Waals surface area (Å²) in [7, 11) is 0. The Labute approximate surface area is 132 Å². The Balaban J connectivity index is 1.66. The van der Waals surface area contributed by atoms with Crippen molar-refractivity contribution in [2.75, 3.05) is 13.1 Å². The van der Waals surface area contributed by atoms with Gasteiger partial charge in [0.1, 0.15) is 6.54 Å². The Morgan fingerprint density at radius 2 is 1.65 bits per heavy atom. The number of hydrogen-bond acceptors (Lipinski definition) is 5. The van der Waals surface area contributed by atoms with Crippen LogP contribution in [-0.4, -0.2) is 46.7 Å². The fraction of sp³-hybridized carbons (Fsp3) is 0.375. The molecule has 0 aromatic heterocycles. The Morgan fingerprint density at radius 3 is 2.30 bits per heavy atom. The van der Waals surface area contributed by atoms with E-state index in [0.29, 0.717) is 18.0 Å². The van der Waals surface area contributed by atoms with Gasteiger partial charge in [0.05, 0.1) is 11.1 Å². The average Bonchev–Trinajstić information content (AvgIpc) is 2.69. The fourth-order valence-corrected chi connectivity index (χ4v) is 2.74. The zero-order valence-electron chi connectivity index (χ0n) is 12.5. The molecule has 1 aromatic rings. The lowest BCUT2D eigenvalue weighted by molar-refractivity contribution is -0.171. The lowest BCUT2D eigenvalue weighted by Crippen LogP contribution is -2.40. The summed E-state index contributed by atoms with van der Waals surface area (Å²) in [6.07, 6.45) is 2.98. The third-order valence-corrected chi connectivity index (χ3v) is 3.94. The van der Waals surface area contributed by atoms with Gasteiger partial charge < -0.3 is 9.74 Å². The molecule has 23 heavy (non-hydrogen) atoms. The van der Waals surface area contributed by atoms with Crippen molar-refractivity contribution >= 4 is 23.7 Å². The molecule has 0 radical (unpaired) electrons. The molecule has 3 rings (SSSR count). The minimum absolute atomic E-state index is 0.109. The SMILES string of the molecule is O=C(CN1CCCCCC1=O)ON1C(=O)c2ccccc2C1=O. The van der Waals surface area contributed by atoms with E-state index < -0.39 is 17.8 Å². The Kier molecular flexibility index (Phi) is 4.10. The zero-order valence-corrected chi connectivity index (χ0v) is 12.5. The fourth-order valence-electron chi connectivity index (χ4n) is 2.74. The number of benzene rings is 1. The van der Waals surface area contributed by atoms with Gasteiger partial charge in [-0.25, -0.2) is 4.79 Å². The summed E-state index contributed by atoms with van der Waals surface area (Å²) < 4.78 is 0. The van der Waals surface area contributed by atoms with Gasteiger partial charge in [-0.1, -0.05) is 23.6 Å². The summed E-state index contributed by atoms with van der Waals surface area (Å²) in [5.74, 6) is -2.24. The van der Waals surface area contributed by atoms with Gasteiger partial charge in [0.25, 0.3) is 11.8 Å². The maximum atomic E-state index is 12.1. The molecular formula is C16H16N2O5. The molecule has 1 saturated heterocycles. The molecule has 0 aliphatic carbocycles. The van der Waals surface area contributed by atoms with Crippen LogP contribution in [0.2, 0.25) is 0 Å². The normalized spacial score (nSPS) is 18.0. The summed E-state index contributed by atoms with van der Waals surface area (Å²) in [4.78, 5) is 54.4. The van der Waals surface area contributed by atoms with E-state index in [1.807, 2.05) is 0 Å². The minimum Gasteiger partial charge on any atom is -0.331 e. The van der Waals surface area contributed by atoms with Crippen LogP contribution in [0.1, 0.15) is 46.4 Å². The van der Waals surface area contributed by atoms with Crippen LogP contribution < -0.4 is 0 Å². The summed E-state index contributed by atoms with van der Waals surface area (Å²) in [5, 5.41) is 0.468. The Morgan fingerprint density at radius 1 is 1.00 bits per heavy atom. The molecule has 0 atom stereocenters. The standard InChI is InChI=1S/C16H16N2O5/c19-13-8-2-1-5-9-17(13)10-14(20)23-18-15(21)11-6-3-4-7-12(11)16(18)22/h3-4,6-7H,1-2,5,8-10H2. The van der Waals surface area contributed by atoms with Crippen molar-refractivity contribution in [3.63, 3.8) is 0 Å². The highest BCUT2D eigenvalue weighted by Gasteiger charge is 2.38. The first kappa shape index (κ1) is 15.2. The number of imide groups is 1. The second-order valence-corrected chi connectivity index (χ2v) is 5.54. The predicted octanol–water partition coefficient (Wildman–Crippen LogP) is 1.14. The Bertz CT molecular complexity index is 650. The molecule has 2 heterocycles. The molecule has 1 aromatic carbocycles. The van der Waals surface area contributed by atoms with Crippen LogP contribution in [0.25, 0.3) is 0 Å². The molecule has 0 bridgehead atoms. The van der Waals surface area contributed by atoms with E-state index in [4.69, 9.17) is 4.84 Å². The van der Waals surface area contributed by atoms with Gasteiger partial charge in [0.15, 0.2) is 0 Å². The molecule has 1 fully saturated rings. The van der Waals surface area contributed by atoms with Crippen LogP contribution in [0.15, 0.2) is 24.3 Å². The molecule has 0 spiro atoms. The molecule has 0 unspecified atom stereocenters. The first-order valence-electron chi connectivity index (χ1n) is 7.54. The van der Waals surface area contributed by atoms with E-state index in [9.17, 15) is 19.2 Å². The Hall–Kier alpha value is -2.70. The molecule has 7 nitrogen and oxygen atoms in total. The third-order valence-electron chi connectivity index (χ3n) is 3.94. The highest BCUT2D eigenvalue weighted by Crippen LogP contribution is 2.22. The maximum absolute atomic E-state index is 12.1. The number of hydroxylamine groups is 2. The molecule has 0 N–H and O–H groups in total. The van der Waals surface area contributed by atoms with E-state index >= 15 is 0 Å². The van der Waals surface area contributed by atoms with Gasteiger partial charge in [0, 0.05) is 13.0 Å².